The maximum atomic E-state index is 11.7. The summed E-state index contributed by atoms with van der Waals surface area (Å²) in [6, 6.07) is 5.21. The van der Waals surface area contributed by atoms with Crippen LogP contribution in [0, 0.1) is 0 Å². The molecule has 1 saturated heterocycles. The molecule has 116 valence electrons. The molecule has 0 atom stereocenters. The number of nitrogens with one attached hydrogen (secondary N) is 1. The molecule has 1 fully saturated rings. The van der Waals surface area contributed by atoms with Crippen LogP contribution in [-0.4, -0.2) is 43.7 Å². The minimum Gasteiger partial charge on any atom is -0.462 e. The van der Waals surface area contributed by atoms with Crippen LogP contribution in [-0.2, 0) is 4.74 Å². The maximum Gasteiger partial charge on any atom is 0.338 e. The first-order chi connectivity index (χ1) is 10.2. The Kier molecular flexibility index (Phi) is 5.87. The number of hydrogen-bond donors (Lipinski definition) is 2. The van der Waals surface area contributed by atoms with Gasteiger partial charge in [0, 0.05) is 6.54 Å². The first-order valence-electron chi connectivity index (χ1n) is 7.73. The van der Waals surface area contributed by atoms with Crippen molar-refractivity contribution in [2.75, 3.05) is 43.8 Å². The molecule has 3 N–H and O–H groups in total. The van der Waals surface area contributed by atoms with Crippen LogP contribution in [0.4, 0.5) is 11.4 Å². The Hall–Kier alpha value is -1.75. The molecule has 2 rings (SSSR count). The molecule has 1 heterocycles. The van der Waals surface area contributed by atoms with E-state index in [-0.39, 0.29) is 5.97 Å². The van der Waals surface area contributed by atoms with Crippen LogP contribution in [0.2, 0.25) is 0 Å². The van der Waals surface area contributed by atoms with E-state index in [1.807, 2.05) is 0 Å². The van der Waals surface area contributed by atoms with Crippen molar-refractivity contribution in [3.8, 4) is 0 Å². The molecule has 1 aliphatic heterocycles. The minimum absolute atomic E-state index is 0.308. The van der Waals surface area contributed by atoms with Crippen LogP contribution in [0.15, 0.2) is 18.2 Å². The highest BCUT2D eigenvalue weighted by Gasteiger charge is 2.11. The summed E-state index contributed by atoms with van der Waals surface area (Å²) in [5.74, 6) is -0.308. The summed E-state index contributed by atoms with van der Waals surface area (Å²) in [5, 5.41) is 3.31. The number of anilines is 2. The van der Waals surface area contributed by atoms with Crippen molar-refractivity contribution in [1.82, 2.24) is 4.90 Å². The van der Waals surface area contributed by atoms with Gasteiger partial charge >= 0.3 is 5.97 Å². The van der Waals surface area contributed by atoms with Gasteiger partial charge in [-0.3, -0.25) is 0 Å². The number of hydrogen-bond acceptors (Lipinski definition) is 5. The molecule has 5 heteroatoms. The first-order valence-corrected chi connectivity index (χ1v) is 7.73. The monoisotopic (exact) mass is 291 g/mol. The fraction of sp³-hybridized carbons (Fsp3) is 0.562. The third-order valence-corrected chi connectivity index (χ3v) is 3.73. The molecule has 1 aromatic rings. The van der Waals surface area contributed by atoms with Gasteiger partial charge in [0.2, 0.25) is 0 Å². The van der Waals surface area contributed by atoms with Gasteiger partial charge in [-0.1, -0.05) is 0 Å². The van der Waals surface area contributed by atoms with E-state index in [1.54, 1.807) is 25.1 Å². The molecule has 5 nitrogen and oxygen atoms in total. The lowest BCUT2D eigenvalue weighted by Gasteiger charge is -2.15. The summed E-state index contributed by atoms with van der Waals surface area (Å²) >= 11 is 0. The van der Waals surface area contributed by atoms with E-state index in [1.165, 1.54) is 25.9 Å². The van der Waals surface area contributed by atoms with E-state index in [4.69, 9.17) is 10.5 Å². The largest absolute Gasteiger partial charge is 0.462 e. The molecule has 0 bridgehead atoms. The smallest absolute Gasteiger partial charge is 0.338 e. The van der Waals surface area contributed by atoms with Gasteiger partial charge in [-0.2, -0.15) is 0 Å². The molecule has 0 radical (unpaired) electrons. The number of rotatable bonds is 7. The lowest BCUT2D eigenvalue weighted by molar-refractivity contribution is 0.0526. The number of nitrogens with zero attached hydrogens (tertiary/aromatic N) is 1. The molecule has 21 heavy (non-hydrogen) atoms. The summed E-state index contributed by atoms with van der Waals surface area (Å²) in [4.78, 5) is 14.2. The molecule has 0 amide bonds. The van der Waals surface area contributed by atoms with E-state index in [0.29, 0.717) is 17.9 Å². The van der Waals surface area contributed by atoms with Crippen molar-refractivity contribution in [3.63, 3.8) is 0 Å². The predicted molar refractivity (Wildman–Crippen MR) is 85.6 cm³/mol. The van der Waals surface area contributed by atoms with Crippen LogP contribution in [0.5, 0.6) is 0 Å². The van der Waals surface area contributed by atoms with Gasteiger partial charge in [0.1, 0.15) is 0 Å². The molecule has 0 spiro atoms. The number of benzene rings is 1. The van der Waals surface area contributed by atoms with Crippen molar-refractivity contribution in [2.45, 2.75) is 26.2 Å². The Morgan fingerprint density at radius 3 is 2.86 bits per heavy atom. The lowest BCUT2D eigenvalue weighted by Crippen LogP contribution is -2.22. The van der Waals surface area contributed by atoms with Gasteiger partial charge in [0.05, 0.1) is 23.5 Å². The maximum absolute atomic E-state index is 11.7. The topological polar surface area (TPSA) is 67.6 Å². The molecule has 0 aromatic heterocycles. The predicted octanol–water partition coefficient (Wildman–Crippen LogP) is 2.34. The Balaban J connectivity index is 1.83. The Morgan fingerprint density at radius 1 is 1.38 bits per heavy atom. The Bertz CT molecular complexity index is 471. The number of carbonyl (C=O) groups is 1. The number of esters is 1. The molecule has 0 unspecified atom stereocenters. The SMILES string of the molecule is CCOC(=O)c1ccc(N)c(NCCCN2CCCC2)c1. The number of nitrogen functional groups attached to an aromatic ring is 1. The van der Waals surface area contributed by atoms with Gasteiger partial charge in [-0.25, -0.2) is 4.79 Å². The van der Waals surface area contributed by atoms with Crippen LogP contribution in [0.1, 0.15) is 36.5 Å². The van der Waals surface area contributed by atoms with Gasteiger partial charge in [-0.05, 0) is 64.0 Å². The third-order valence-electron chi connectivity index (χ3n) is 3.73. The molecule has 0 aliphatic carbocycles. The summed E-state index contributed by atoms with van der Waals surface area (Å²) in [5.41, 5.74) is 7.94. The third kappa shape index (κ3) is 4.63. The Labute approximate surface area is 126 Å². The second-order valence-corrected chi connectivity index (χ2v) is 5.35. The lowest BCUT2D eigenvalue weighted by atomic mass is 10.1. The minimum atomic E-state index is -0.308. The standard InChI is InChI=1S/C16H25N3O2/c1-2-21-16(20)13-6-7-14(17)15(12-13)18-8-5-11-19-9-3-4-10-19/h6-7,12,18H,2-5,8-11,17H2,1H3. The highest BCUT2D eigenvalue weighted by atomic mass is 16.5. The highest BCUT2D eigenvalue weighted by Crippen LogP contribution is 2.20. The number of carbonyl (C=O) groups excluding carboxylic acids is 1. The highest BCUT2D eigenvalue weighted by molar-refractivity contribution is 5.92. The van der Waals surface area contributed by atoms with E-state index in [2.05, 4.69) is 10.2 Å². The number of ether oxygens (including phenoxy) is 1. The summed E-state index contributed by atoms with van der Waals surface area (Å²) < 4.78 is 5.00. The van der Waals surface area contributed by atoms with Crippen LogP contribution >= 0.6 is 0 Å². The van der Waals surface area contributed by atoms with E-state index < -0.39 is 0 Å². The fourth-order valence-corrected chi connectivity index (χ4v) is 2.58. The Morgan fingerprint density at radius 2 is 2.14 bits per heavy atom. The zero-order valence-corrected chi connectivity index (χ0v) is 12.7. The van der Waals surface area contributed by atoms with Gasteiger partial charge in [-0.15, -0.1) is 0 Å². The fourth-order valence-electron chi connectivity index (χ4n) is 2.58. The van der Waals surface area contributed by atoms with Gasteiger partial charge in [0.15, 0.2) is 0 Å². The molecular weight excluding hydrogens is 266 g/mol. The van der Waals surface area contributed by atoms with Gasteiger partial charge in [0.25, 0.3) is 0 Å². The normalized spacial score (nSPS) is 15.1. The molecule has 1 aromatic carbocycles. The zero-order chi connectivity index (χ0) is 15.1. The van der Waals surface area contributed by atoms with E-state index in [0.717, 1.165) is 25.2 Å². The second-order valence-electron chi connectivity index (χ2n) is 5.35. The van der Waals surface area contributed by atoms with Crippen LogP contribution < -0.4 is 11.1 Å². The second kappa shape index (κ2) is 7.88. The van der Waals surface area contributed by atoms with Crippen LogP contribution in [0.25, 0.3) is 0 Å². The van der Waals surface area contributed by atoms with Crippen LogP contribution in [0.3, 0.4) is 0 Å². The van der Waals surface area contributed by atoms with E-state index >= 15 is 0 Å². The average molecular weight is 291 g/mol. The van der Waals surface area contributed by atoms with Crippen molar-refractivity contribution in [1.29, 1.82) is 0 Å². The molecule has 0 saturated carbocycles. The number of nitrogens with two attached hydrogens (primary N) is 1. The van der Waals surface area contributed by atoms with Crippen molar-refractivity contribution in [3.05, 3.63) is 23.8 Å². The van der Waals surface area contributed by atoms with E-state index in [9.17, 15) is 4.79 Å². The zero-order valence-electron chi connectivity index (χ0n) is 12.7. The van der Waals surface area contributed by atoms with Crippen molar-refractivity contribution in [2.24, 2.45) is 0 Å². The molecule has 1 aliphatic rings. The van der Waals surface area contributed by atoms with Gasteiger partial charge < -0.3 is 20.7 Å². The average Bonchev–Trinajstić information content (AvgIpc) is 2.98. The van der Waals surface area contributed by atoms with Crippen molar-refractivity contribution < 1.29 is 9.53 Å². The summed E-state index contributed by atoms with van der Waals surface area (Å²) in [6.07, 6.45) is 3.72. The first kappa shape index (κ1) is 15.6. The summed E-state index contributed by atoms with van der Waals surface area (Å²) in [7, 11) is 0. The number of likely N-dealkylation sites (tertiary alicyclic amines) is 1. The molecular formula is C16H25N3O2. The summed E-state index contributed by atoms with van der Waals surface area (Å²) in [6.45, 7) is 6.59. The quantitative estimate of drug-likeness (QED) is 0.458. The van der Waals surface area contributed by atoms with Crippen molar-refractivity contribution >= 4 is 17.3 Å².